The van der Waals surface area contributed by atoms with Gasteiger partial charge in [0.1, 0.15) is 11.7 Å². The van der Waals surface area contributed by atoms with E-state index in [1.807, 2.05) is 0 Å². The van der Waals surface area contributed by atoms with Gasteiger partial charge in [-0.1, -0.05) is 20.8 Å². The van der Waals surface area contributed by atoms with Crippen molar-refractivity contribution in [2.24, 2.45) is 11.3 Å². The topological polar surface area (TPSA) is 55.4 Å². The van der Waals surface area contributed by atoms with Gasteiger partial charge in [0, 0.05) is 5.69 Å². The van der Waals surface area contributed by atoms with Crippen molar-refractivity contribution in [3.05, 3.63) is 30.1 Å². The summed E-state index contributed by atoms with van der Waals surface area (Å²) in [5, 5.41) is 2.61. The number of esters is 1. The molecule has 0 bridgehead atoms. The number of carbonyl (C=O) groups is 2. The lowest BCUT2D eigenvalue weighted by molar-refractivity contribution is -0.155. The number of carbonyl (C=O) groups excluding carboxylic acids is 2. The van der Waals surface area contributed by atoms with Crippen LogP contribution in [0.1, 0.15) is 27.7 Å². The Morgan fingerprint density at radius 2 is 1.80 bits per heavy atom. The molecule has 1 atom stereocenters. The number of ether oxygens (including phenoxy) is 1. The Balaban J connectivity index is 2.88. The van der Waals surface area contributed by atoms with E-state index in [4.69, 9.17) is 4.74 Å². The molecule has 1 aromatic rings. The second-order valence-corrected chi connectivity index (χ2v) is 5.55. The number of rotatable bonds is 4. The molecule has 0 fully saturated rings. The van der Waals surface area contributed by atoms with Crippen LogP contribution in [0.3, 0.4) is 0 Å². The van der Waals surface area contributed by atoms with Crippen LogP contribution in [0.5, 0.6) is 0 Å². The number of halogens is 1. The Labute approximate surface area is 118 Å². The number of hydrogen-bond acceptors (Lipinski definition) is 3. The summed E-state index contributed by atoms with van der Waals surface area (Å²) in [4.78, 5) is 24.2. The maximum Gasteiger partial charge on any atom is 0.319 e. The van der Waals surface area contributed by atoms with E-state index in [0.29, 0.717) is 5.69 Å². The molecule has 1 aromatic carbocycles. The zero-order chi connectivity index (χ0) is 15.3. The predicted octanol–water partition coefficient (Wildman–Crippen LogP) is 2.99. The number of benzene rings is 1. The SMILES string of the molecule is CCOC(=O)C(C(=O)Nc1ccc(F)cc1)C(C)(C)C. The van der Waals surface area contributed by atoms with Crippen LogP contribution in [0, 0.1) is 17.2 Å². The molecule has 5 heteroatoms. The third-order valence-electron chi connectivity index (χ3n) is 2.76. The van der Waals surface area contributed by atoms with Gasteiger partial charge in [0.15, 0.2) is 0 Å². The summed E-state index contributed by atoms with van der Waals surface area (Å²) in [6.45, 7) is 7.28. The van der Waals surface area contributed by atoms with Gasteiger partial charge in [-0.2, -0.15) is 0 Å². The van der Waals surface area contributed by atoms with Gasteiger partial charge in [-0.25, -0.2) is 4.39 Å². The molecule has 110 valence electrons. The van der Waals surface area contributed by atoms with Gasteiger partial charge in [-0.15, -0.1) is 0 Å². The number of amides is 1. The molecule has 0 aromatic heterocycles. The molecule has 0 saturated heterocycles. The predicted molar refractivity (Wildman–Crippen MR) is 74.6 cm³/mol. The average molecular weight is 281 g/mol. The molecule has 4 nitrogen and oxygen atoms in total. The molecule has 0 aliphatic carbocycles. The largest absolute Gasteiger partial charge is 0.465 e. The van der Waals surface area contributed by atoms with Crippen molar-refractivity contribution in [3.8, 4) is 0 Å². The molecule has 1 N–H and O–H groups in total. The van der Waals surface area contributed by atoms with Gasteiger partial charge < -0.3 is 10.1 Å². The standard InChI is InChI=1S/C15H20FNO3/c1-5-20-14(19)12(15(2,3)4)13(18)17-11-8-6-10(16)7-9-11/h6-9,12H,5H2,1-4H3,(H,17,18). The van der Waals surface area contributed by atoms with E-state index >= 15 is 0 Å². The van der Waals surface area contributed by atoms with Gasteiger partial charge in [-0.3, -0.25) is 9.59 Å². The lowest BCUT2D eigenvalue weighted by Crippen LogP contribution is -2.40. The first-order chi connectivity index (χ1) is 9.25. The van der Waals surface area contributed by atoms with Crippen molar-refractivity contribution < 1.29 is 18.7 Å². The van der Waals surface area contributed by atoms with Crippen LogP contribution in [-0.2, 0) is 14.3 Å². The number of hydrogen-bond donors (Lipinski definition) is 1. The summed E-state index contributed by atoms with van der Waals surface area (Å²) >= 11 is 0. The second kappa shape index (κ2) is 6.50. The highest BCUT2D eigenvalue weighted by atomic mass is 19.1. The van der Waals surface area contributed by atoms with E-state index in [1.54, 1.807) is 27.7 Å². The lowest BCUT2D eigenvalue weighted by Gasteiger charge is -2.27. The van der Waals surface area contributed by atoms with Crippen molar-refractivity contribution in [1.29, 1.82) is 0 Å². The molecule has 1 rings (SSSR count). The van der Waals surface area contributed by atoms with Gasteiger partial charge in [0.2, 0.25) is 5.91 Å². The van der Waals surface area contributed by atoms with Gasteiger partial charge in [0.05, 0.1) is 6.61 Å². The van der Waals surface area contributed by atoms with Gasteiger partial charge in [-0.05, 0) is 36.6 Å². The minimum atomic E-state index is -0.924. The Bertz CT molecular complexity index is 477. The fraction of sp³-hybridized carbons (Fsp3) is 0.467. The summed E-state index contributed by atoms with van der Waals surface area (Å²) in [5.74, 6) is -2.32. The fourth-order valence-corrected chi connectivity index (χ4v) is 1.83. The highest BCUT2D eigenvalue weighted by Crippen LogP contribution is 2.28. The van der Waals surface area contributed by atoms with E-state index in [9.17, 15) is 14.0 Å². The zero-order valence-electron chi connectivity index (χ0n) is 12.2. The molecule has 0 radical (unpaired) electrons. The van der Waals surface area contributed by atoms with Crippen molar-refractivity contribution >= 4 is 17.6 Å². The molecule has 0 spiro atoms. The highest BCUT2D eigenvalue weighted by Gasteiger charge is 2.38. The Morgan fingerprint density at radius 3 is 2.25 bits per heavy atom. The van der Waals surface area contributed by atoms with E-state index in [1.165, 1.54) is 24.3 Å². The van der Waals surface area contributed by atoms with Crippen LogP contribution >= 0.6 is 0 Å². The fourth-order valence-electron chi connectivity index (χ4n) is 1.83. The van der Waals surface area contributed by atoms with Gasteiger partial charge in [0.25, 0.3) is 0 Å². The Kier molecular flexibility index (Phi) is 5.25. The maximum absolute atomic E-state index is 12.8. The monoisotopic (exact) mass is 281 g/mol. The first-order valence-corrected chi connectivity index (χ1v) is 6.48. The van der Waals surface area contributed by atoms with Crippen LogP contribution < -0.4 is 5.32 Å². The van der Waals surface area contributed by atoms with Crippen LogP contribution in [0.4, 0.5) is 10.1 Å². The second-order valence-electron chi connectivity index (χ2n) is 5.55. The molecule has 1 amide bonds. The molecular weight excluding hydrogens is 261 g/mol. The number of nitrogens with one attached hydrogen (secondary N) is 1. The van der Waals surface area contributed by atoms with Crippen molar-refractivity contribution in [1.82, 2.24) is 0 Å². The summed E-state index contributed by atoms with van der Waals surface area (Å²) in [6.07, 6.45) is 0. The van der Waals surface area contributed by atoms with Crippen LogP contribution in [-0.4, -0.2) is 18.5 Å². The van der Waals surface area contributed by atoms with Crippen molar-refractivity contribution in [2.75, 3.05) is 11.9 Å². The molecule has 1 unspecified atom stereocenters. The minimum absolute atomic E-state index is 0.218. The molecule has 20 heavy (non-hydrogen) atoms. The average Bonchev–Trinajstić information content (AvgIpc) is 2.30. The quantitative estimate of drug-likeness (QED) is 0.682. The van der Waals surface area contributed by atoms with E-state index in [-0.39, 0.29) is 12.4 Å². The van der Waals surface area contributed by atoms with E-state index in [0.717, 1.165) is 0 Å². The zero-order valence-corrected chi connectivity index (χ0v) is 12.2. The van der Waals surface area contributed by atoms with E-state index in [2.05, 4.69) is 5.32 Å². The third kappa shape index (κ3) is 4.33. The smallest absolute Gasteiger partial charge is 0.319 e. The molecule has 0 saturated carbocycles. The van der Waals surface area contributed by atoms with Crippen LogP contribution in [0.25, 0.3) is 0 Å². The lowest BCUT2D eigenvalue weighted by atomic mass is 9.80. The first-order valence-electron chi connectivity index (χ1n) is 6.48. The van der Waals surface area contributed by atoms with Crippen molar-refractivity contribution in [2.45, 2.75) is 27.7 Å². The highest BCUT2D eigenvalue weighted by molar-refractivity contribution is 6.05. The Hall–Kier alpha value is -1.91. The van der Waals surface area contributed by atoms with Crippen LogP contribution in [0.2, 0.25) is 0 Å². The minimum Gasteiger partial charge on any atom is -0.465 e. The summed E-state index contributed by atoms with van der Waals surface area (Å²) in [6, 6.07) is 5.37. The summed E-state index contributed by atoms with van der Waals surface area (Å²) < 4.78 is 17.8. The first kappa shape index (κ1) is 16.1. The molecular formula is C15H20FNO3. The summed E-state index contributed by atoms with van der Waals surface area (Å²) in [7, 11) is 0. The third-order valence-corrected chi connectivity index (χ3v) is 2.76. The normalized spacial score (nSPS) is 12.7. The molecule has 0 aliphatic heterocycles. The van der Waals surface area contributed by atoms with Crippen LogP contribution in [0.15, 0.2) is 24.3 Å². The molecule has 0 heterocycles. The Morgan fingerprint density at radius 1 is 1.25 bits per heavy atom. The number of anilines is 1. The maximum atomic E-state index is 12.8. The van der Waals surface area contributed by atoms with E-state index < -0.39 is 23.2 Å². The van der Waals surface area contributed by atoms with Crippen molar-refractivity contribution in [3.63, 3.8) is 0 Å². The summed E-state index contributed by atoms with van der Waals surface area (Å²) in [5.41, 5.74) is -0.133. The van der Waals surface area contributed by atoms with Gasteiger partial charge >= 0.3 is 5.97 Å². The molecule has 0 aliphatic rings.